The van der Waals surface area contributed by atoms with Crippen molar-refractivity contribution in [1.29, 1.82) is 0 Å². The Labute approximate surface area is 159 Å². The number of methoxy groups -OCH3 is 5. The SMILES string of the molecule is COc1ccc(CCNC(=O)c2cc(OC)c(OC)cc2OC)cc1OC. The van der Waals surface area contributed by atoms with Crippen molar-refractivity contribution in [3.05, 3.63) is 41.5 Å². The summed E-state index contributed by atoms with van der Waals surface area (Å²) in [7, 11) is 7.73. The Kier molecular flexibility index (Phi) is 7.16. The summed E-state index contributed by atoms with van der Waals surface area (Å²) < 4.78 is 26.3. The lowest BCUT2D eigenvalue weighted by molar-refractivity contribution is 0.0950. The Bertz CT molecular complexity index is 790. The number of hydrogen-bond donors (Lipinski definition) is 1. The van der Waals surface area contributed by atoms with Crippen LogP contribution in [0, 0.1) is 0 Å². The van der Waals surface area contributed by atoms with Gasteiger partial charge in [0.2, 0.25) is 0 Å². The summed E-state index contributed by atoms with van der Waals surface area (Å²) in [5.41, 5.74) is 1.40. The lowest BCUT2D eigenvalue weighted by Gasteiger charge is -2.14. The van der Waals surface area contributed by atoms with Crippen LogP contribution < -0.4 is 29.0 Å². The van der Waals surface area contributed by atoms with E-state index in [0.717, 1.165) is 5.56 Å². The van der Waals surface area contributed by atoms with Crippen LogP contribution in [0.5, 0.6) is 28.7 Å². The van der Waals surface area contributed by atoms with Crippen LogP contribution in [0.2, 0.25) is 0 Å². The molecule has 1 amide bonds. The summed E-state index contributed by atoms with van der Waals surface area (Å²) in [6, 6.07) is 8.89. The van der Waals surface area contributed by atoms with Crippen LogP contribution in [-0.2, 0) is 6.42 Å². The molecule has 0 aromatic heterocycles. The molecule has 27 heavy (non-hydrogen) atoms. The summed E-state index contributed by atoms with van der Waals surface area (Å²) in [5, 5.41) is 2.89. The van der Waals surface area contributed by atoms with Crippen LogP contribution in [0.4, 0.5) is 0 Å². The Hall–Kier alpha value is -3.09. The van der Waals surface area contributed by atoms with Crippen molar-refractivity contribution in [2.24, 2.45) is 0 Å². The van der Waals surface area contributed by atoms with Crippen LogP contribution in [0.25, 0.3) is 0 Å². The normalized spacial score (nSPS) is 10.1. The van der Waals surface area contributed by atoms with Gasteiger partial charge < -0.3 is 29.0 Å². The van der Waals surface area contributed by atoms with Crippen molar-refractivity contribution in [2.45, 2.75) is 6.42 Å². The first-order valence-electron chi connectivity index (χ1n) is 8.37. The Balaban J connectivity index is 2.07. The van der Waals surface area contributed by atoms with E-state index in [0.29, 0.717) is 47.3 Å². The van der Waals surface area contributed by atoms with E-state index < -0.39 is 0 Å². The number of hydrogen-bond acceptors (Lipinski definition) is 6. The first-order valence-corrected chi connectivity index (χ1v) is 8.37. The quantitative estimate of drug-likeness (QED) is 0.726. The Morgan fingerprint density at radius 1 is 0.741 bits per heavy atom. The maximum atomic E-state index is 12.6. The van der Waals surface area contributed by atoms with E-state index in [-0.39, 0.29) is 5.91 Å². The fourth-order valence-corrected chi connectivity index (χ4v) is 2.66. The highest BCUT2D eigenvalue weighted by Gasteiger charge is 2.17. The van der Waals surface area contributed by atoms with Gasteiger partial charge in [-0.1, -0.05) is 6.07 Å². The molecule has 7 nitrogen and oxygen atoms in total. The lowest BCUT2D eigenvalue weighted by Crippen LogP contribution is -2.26. The van der Waals surface area contributed by atoms with Gasteiger partial charge in [0.15, 0.2) is 23.0 Å². The van der Waals surface area contributed by atoms with Gasteiger partial charge in [-0.3, -0.25) is 4.79 Å². The fraction of sp³-hybridized carbons (Fsp3) is 0.350. The molecule has 0 aliphatic rings. The molecule has 2 aromatic rings. The predicted octanol–water partition coefficient (Wildman–Crippen LogP) is 2.70. The van der Waals surface area contributed by atoms with Crippen molar-refractivity contribution >= 4 is 5.91 Å². The standard InChI is InChI=1S/C20H25NO6/c1-23-15-7-6-13(10-17(15)25-3)8-9-21-20(22)14-11-18(26-4)19(27-5)12-16(14)24-2/h6-7,10-12H,8-9H2,1-5H3,(H,21,22). The first kappa shape index (κ1) is 20.2. The number of carbonyl (C=O) groups is 1. The molecule has 0 saturated carbocycles. The van der Waals surface area contributed by atoms with Crippen LogP contribution >= 0.6 is 0 Å². The average molecular weight is 375 g/mol. The smallest absolute Gasteiger partial charge is 0.255 e. The van der Waals surface area contributed by atoms with Gasteiger partial charge >= 0.3 is 0 Å². The van der Waals surface area contributed by atoms with Crippen LogP contribution in [0.3, 0.4) is 0 Å². The largest absolute Gasteiger partial charge is 0.496 e. The fourth-order valence-electron chi connectivity index (χ4n) is 2.66. The van der Waals surface area contributed by atoms with Crippen molar-refractivity contribution in [3.8, 4) is 28.7 Å². The molecule has 2 rings (SSSR count). The van der Waals surface area contributed by atoms with Gasteiger partial charge in [-0.15, -0.1) is 0 Å². The van der Waals surface area contributed by atoms with E-state index in [1.165, 1.54) is 21.3 Å². The summed E-state index contributed by atoms with van der Waals surface area (Å²) in [6.45, 7) is 0.450. The van der Waals surface area contributed by atoms with Gasteiger partial charge in [0, 0.05) is 18.7 Å². The monoisotopic (exact) mass is 375 g/mol. The molecule has 0 heterocycles. The number of carbonyl (C=O) groups excluding carboxylic acids is 1. The molecule has 7 heteroatoms. The Morgan fingerprint density at radius 3 is 1.89 bits per heavy atom. The zero-order valence-electron chi connectivity index (χ0n) is 16.3. The minimum atomic E-state index is -0.256. The Morgan fingerprint density at radius 2 is 1.30 bits per heavy atom. The van der Waals surface area contributed by atoms with E-state index in [1.54, 1.807) is 26.4 Å². The minimum absolute atomic E-state index is 0.256. The summed E-state index contributed by atoms with van der Waals surface area (Å²) in [4.78, 5) is 12.6. The highest BCUT2D eigenvalue weighted by atomic mass is 16.5. The minimum Gasteiger partial charge on any atom is -0.496 e. The third kappa shape index (κ3) is 4.75. The molecule has 0 fully saturated rings. The van der Waals surface area contributed by atoms with Gasteiger partial charge in [0.1, 0.15) is 5.75 Å². The van der Waals surface area contributed by atoms with Gasteiger partial charge in [-0.05, 0) is 24.1 Å². The maximum Gasteiger partial charge on any atom is 0.255 e. The molecule has 0 aliphatic carbocycles. The van der Waals surface area contributed by atoms with E-state index in [9.17, 15) is 4.79 Å². The summed E-state index contributed by atoms with van der Waals surface area (Å²) >= 11 is 0. The van der Waals surface area contributed by atoms with Crippen molar-refractivity contribution in [1.82, 2.24) is 5.32 Å². The number of nitrogens with one attached hydrogen (secondary N) is 1. The van der Waals surface area contributed by atoms with Crippen LogP contribution in [-0.4, -0.2) is 48.0 Å². The van der Waals surface area contributed by atoms with E-state index >= 15 is 0 Å². The van der Waals surface area contributed by atoms with Crippen LogP contribution in [0.1, 0.15) is 15.9 Å². The van der Waals surface area contributed by atoms with Crippen molar-refractivity contribution < 1.29 is 28.5 Å². The maximum absolute atomic E-state index is 12.6. The van der Waals surface area contributed by atoms with Gasteiger partial charge in [-0.25, -0.2) is 0 Å². The molecule has 0 spiro atoms. The zero-order chi connectivity index (χ0) is 19.8. The van der Waals surface area contributed by atoms with Crippen LogP contribution in [0.15, 0.2) is 30.3 Å². The van der Waals surface area contributed by atoms with Gasteiger partial charge in [0.25, 0.3) is 5.91 Å². The second kappa shape index (κ2) is 9.56. The molecule has 0 aliphatic heterocycles. The summed E-state index contributed by atoms with van der Waals surface area (Å²) in [6.07, 6.45) is 0.641. The molecule has 0 atom stereocenters. The number of amides is 1. The molecular formula is C20H25NO6. The zero-order valence-corrected chi connectivity index (χ0v) is 16.3. The summed E-state index contributed by atoms with van der Waals surface area (Å²) in [5.74, 6) is 2.44. The van der Waals surface area contributed by atoms with Gasteiger partial charge in [-0.2, -0.15) is 0 Å². The topological polar surface area (TPSA) is 75.3 Å². The molecule has 1 N–H and O–H groups in total. The number of benzene rings is 2. The highest BCUT2D eigenvalue weighted by Crippen LogP contribution is 2.34. The number of ether oxygens (including phenoxy) is 5. The molecule has 0 bridgehead atoms. The third-order valence-corrected chi connectivity index (χ3v) is 4.10. The van der Waals surface area contributed by atoms with E-state index in [1.807, 2.05) is 18.2 Å². The van der Waals surface area contributed by atoms with Crippen molar-refractivity contribution in [2.75, 3.05) is 42.1 Å². The van der Waals surface area contributed by atoms with Crippen molar-refractivity contribution in [3.63, 3.8) is 0 Å². The second-order valence-electron chi connectivity index (χ2n) is 5.60. The lowest BCUT2D eigenvalue weighted by atomic mass is 10.1. The molecule has 0 radical (unpaired) electrons. The van der Waals surface area contributed by atoms with E-state index in [4.69, 9.17) is 23.7 Å². The van der Waals surface area contributed by atoms with Gasteiger partial charge in [0.05, 0.1) is 41.1 Å². The molecular weight excluding hydrogens is 350 g/mol. The number of rotatable bonds is 9. The molecule has 0 unspecified atom stereocenters. The first-order chi connectivity index (χ1) is 13.1. The predicted molar refractivity (Wildman–Crippen MR) is 102 cm³/mol. The molecule has 0 saturated heterocycles. The molecule has 146 valence electrons. The second-order valence-corrected chi connectivity index (χ2v) is 5.60. The van der Waals surface area contributed by atoms with E-state index in [2.05, 4.69) is 5.32 Å². The average Bonchev–Trinajstić information content (AvgIpc) is 2.72. The highest BCUT2D eigenvalue weighted by molar-refractivity contribution is 5.97. The molecule has 2 aromatic carbocycles. The third-order valence-electron chi connectivity index (χ3n) is 4.10.